The van der Waals surface area contributed by atoms with E-state index in [0.717, 1.165) is 18.2 Å². The van der Waals surface area contributed by atoms with Gasteiger partial charge in [0.15, 0.2) is 0 Å². The molecule has 0 aliphatic rings. The molecule has 6 nitrogen and oxygen atoms in total. The van der Waals surface area contributed by atoms with Gasteiger partial charge in [-0.25, -0.2) is 8.42 Å². The smallest absolute Gasteiger partial charge is 0.748 e. The van der Waals surface area contributed by atoms with Crippen molar-refractivity contribution in [2.75, 3.05) is 37.1 Å². The topological polar surface area (TPSA) is 84.9 Å². The van der Waals surface area contributed by atoms with Crippen LogP contribution in [0.1, 0.15) is 34.1 Å². The molecule has 0 saturated heterocycles. The van der Waals surface area contributed by atoms with Crippen LogP contribution in [0.2, 0.25) is 6.04 Å². The Hall–Kier alpha value is 1.36. The van der Waals surface area contributed by atoms with E-state index in [0.29, 0.717) is 25.6 Å². The molecule has 1 unspecified atom stereocenters. The van der Waals surface area contributed by atoms with Gasteiger partial charge in [-0.15, -0.1) is 0 Å². The molecule has 0 aromatic heterocycles. The Labute approximate surface area is 168 Å². The minimum atomic E-state index is -4.13. The molecule has 0 heterocycles. The molecule has 0 saturated carbocycles. The van der Waals surface area contributed by atoms with Gasteiger partial charge in [-0.3, -0.25) is 0 Å². The fourth-order valence-electron chi connectivity index (χ4n) is 2.07. The maximum Gasteiger partial charge on any atom is 1.00 e. The Morgan fingerprint density at radius 1 is 1.09 bits per heavy atom. The largest absolute Gasteiger partial charge is 1.00 e. The molecule has 0 radical (unpaired) electrons. The van der Waals surface area contributed by atoms with E-state index in [-0.39, 0.29) is 41.2 Å². The van der Waals surface area contributed by atoms with Crippen LogP contribution in [0, 0.1) is 5.92 Å². The molecule has 0 aromatic carbocycles. The second kappa shape index (κ2) is 14.5. The summed E-state index contributed by atoms with van der Waals surface area (Å²) < 4.78 is 49.3. The summed E-state index contributed by atoms with van der Waals surface area (Å²) in [6.07, 6.45) is 0.883. The summed E-state index contributed by atoms with van der Waals surface area (Å²) in [7, 11) is -6.70. The third-order valence-corrected chi connectivity index (χ3v) is 8.27. The molecule has 0 rings (SSSR count). The molecular weight excluding hydrogens is 367 g/mol. The van der Waals surface area contributed by atoms with Gasteiger partial charge in [0, 0.05) is 31.6 Å². The van der Waals surface area contributed by atoms with E-state index in [1.807, 2.05) is 20.8 Å². The van der Waals surface area contributed by atoms with Crippen molar-refractivity contribution in [2.45, 2.75) is 40.2 Å². The summed E-state index contributed by atoms with van der Waals surface area (Å²) in [6, 6.07) is 0.754. The molecular formula is C13H29NaO6S2Si. The van der Waals surface area contributed by atoms with Gasteiger partial charge in [-0.1, -0.05) is 6.92 Å². The minimum Gasteiger partial charge on any atom is -0.748 e. The van der Waals surface area contributed by atoms with Gasteiger partial charge in [0.2, 0.25) is 0 Å². The van der Waals surface area contributed by atoms with Gasteiger partial charge in [-0.2, -0.15) is 11.8 Å². The molecule has 0 spiro atoms. The fraction of sp³-hybridized carbons (Fsp3) is 1.00. The van der Waals surface area contributed by atoms with Gasteiger partial charge >= 0.3 is 38.4 Å². The summed E-state index contributed by atoms with van der Waals surface area (Å²) in [4.78, 5) is 0. The summed E-state index contributed by atoms with van der Waals surface area (Å²) in [5, 5.41) is 0. The Kier molecular flexibility index (Phi) is 16.8. The van der Waals surface area contributed by atoms with Crippen LogP contribution in [0.25, 0.3) is 0 Å². The Morgan fingerprint density at radius 2 is 1.57 bits per heavy atom. The Morgan fingerprint density at radius 3 is 1.96 bits per heavy atom. The van der Waals surface area contributed by atoms with Gasteiger partial charge in [0.05, 0.1) is 10.1 Å². The van der Waals surface area contributed by atoms with Crippen molar-refractivity contribution in [3.8, 4) is 0 Å². The average molecular weight is 397 g/mol. The normalized spacial score (nSPS) is 13.6. The predicted octanol–water partition coefficient (Wildman–Crippen LogP) is -0.657. The SMILES string of the molecule is CCO[Si](CCCSCC(C)CS(=O)(=O)[O-])(OCC)OCC.[Na+]. The second-order valence-electron chi connectivity index (χ2n) is 4.99. The third-order valence-electron chi connectivity index (χ3n) is 2.76. The molecule has 0 N–H and O–H groups in total. The van der Waals surface area contributed by atoms with Crippen LogP contribution in [0.15, 0.2) is 0 Å². The first-order chi connectivity index (χ1) is 10.3. The summed E-state index contributed by atoms with van der Waals surface area (Å²) in [5.41, 5.74) is 0. The zero-order chi connectivity index (χ0) is 17.1. The zero-order valence-electron chi connectivity index (χ0n) is 15.0. The standard InChI is InChI=1S/C13H30O6S2Si.Na/c1-5-17-22(18-6-2,19-7-3)10-8-9-20-11-13(4)12-21(14,15)16;/h13H,5-12H2,1-4H3,(H,14,15,16);/q;+1/p-1. The van der Waals surface area contributed by atoms with Crippen molar-refractivity contribution in [3.05, 3.63) is 0 Å². The molecule has 0 aromatic rings. The molecule has 0 amide bonds. The Bertz CT molecular complexity index is 366. The van der Waals surface area contributed by atoms with E-state index in [4.69, 9.17) is 13.3 Å². The summed E-state index contributed by atoms with van der Waals surface area (Å²) in [6.45, 7) is 9.27. The van der Waals surface area contributed by atoms with E-state index < -0.39 is 18.9 Å². The fourth-order valence-corrected chi connectivity index (χ4v) is 6.94. The average Bonchev–Trinajstić information content (AvgIpc) is 2.37. The van der Waals surface area contributed by atoms with Gasteiger partial charge in [-0.05, 0) is 44.6 Å². The van der Waals surface area contributed by atoms with E-state index in [1.54, 1.807) is 18.7 Å². The van der Waals surface area contributed by atoms with Crippen molar-refractivity contribution in [3.63, 3.8) is 0 Å². The van der Waals surface area contributed by atoms with Gasteiger partial charge < -0.3 is 17.8 Å². The van der Waals surface area contributed by atoms with Gasteiger partial charge in [0.25, 0.3) is 0 Å². The van der Waals surface area contributed by atoms with Crippen LogP contribution in [0.5, 0.6) is 0 Å². The molecule has 23 heavy (non-hydrogen) atoms. The van der Waals surface area contributed by atoms with Crippen molar-refractivity contribution in [1.82, 2.24) is 0 Å². The predicted molar refractivity (Wildman–Crippen MR) is 91.1 cm³/mol. The van der Waals surface area contributed by atoms with E-state index >= 15 is 0 Å². The van der Waals surface area contributed by atoms with Crippen LogP contribution >= 0.6 is 11.8 Å². The molecule has 1 atom stereocenters. The van der Waals surface area contributed by atoms with Crippen LogP contribution in [-0.4, -0.2) is 58.9 Å². The number of hydrogen-bond donors (Lipinski definition) is 0. The van der Waals surface area contributed by atoms with E-state index in [9.17, 15) is 13.0 Å². The Balaban J connectivity index is 0. The van der Waals surface area contributed by atoms with Crippen LogP contribution in [0.4, 0.5) is 0 Å². The van der Waals surface area contributed by atoms with Crippen molar-refractivity contribution < 1.29 is 55.8 Å². The van der Waals surface area contributed by atoms with Crippen molar-refractivity contribution in [1.29, 1.82) is 0 Å². The van der Waals surface area contributed by atoms with Crippen molar-refractivity contribution in [2.24, 2.45) is 5.92 Å². The maximum atomic E-state index is 10.7. The maximum absolute atomic E-state index is 10.7. The van der Waals surface area contributed by atoms with Crippen LogP contribution < -0.4 is 29.6 Å². The summed E-state index contributed by atoms with van der Waals surface area (Å²) >= 11 is 1.65. The molecule has 0 bridgehead atoms. The van der Waals surface area contributed by atoms with Gasteiger partial charge in [0.1, 0.15) is 0 Å². The second-order valence-corrected chi connectivity index (χ2v) is 10.3. The minimum absolute atomic E-state index is 0. The molecule has 0 aliphatic heterocycles. The number of rotatable bonds is 14. The monoisotopic (exact) mass is 396 g/mol. The van der Waals surface area contributed by atoms with E-state index in [1.165, 1.54) is 0 Å². The van der Waals surface area contributed by atoms with E-state index in [2.05, 4.69) is 0 Å². The third kappa shape index (κ3) is 14.2. The number of hydrogen-bond acceptors (Lipinski definition) is 7. The quantitative estimate of drug-likeness (QED) is 0.219. The zero-order valence-corrected chi connectivity index (χ0v) is 19.6. The first-order valence-corrected chi connectivity index (χ1v) is 12.4. The first-order valence-electron chi connectivity index (χ1n) is 7.71. The van der Waals surface area contributed by atoms with Crippen LogP contribution in [-0.2, 0) is 23.4 Å². The molecule has 10 heteroatoms. The number of thioether (sulfide) groups is 1. The molecule has 134 valence electrons. The first kappa shape index (κ1) is 26.6. The summed E-state index contributed by atoms with van der Waals surface area (Å²) in [5.74, 6) is 1.11. The van der Waals surface area contributed by atoms with Crippen molar-refractivity contribution >= 4 is 30.7 Å². The molecule has 0 aliphatic carbocycles. The molecule has 0 fully saturated rings. The van der Waals surface area contributed by atoms with Crippen LogP contribution in [0.3, 0.4) is 0 Å².